The molecule has 0 aromatic rings. The lowest BCUT2D eigenvalue weighted by atomic mass is 10.6. The zero-order valence-electron chi connectivity index (χ0n) is 4.87. The van der Waals surface area contributed by atoms with Crippen molar-refractivity contribution in [2.45, 2.75) is 0 Å². The lowest BCUT2D eigenvalue weighted by Crippen LogP contribution is -2.41. The van der Waals surface area contributed by atoms with E-state index in [-0.39, 0.29) is 0 Å². The Balaban J connectivity index is 3.67. The zero-order valence-corrected chi connectivity index (χ0v) is 5.77. The Kier molecular flexibility index (Phi) is 3.90. The number of primary amides is 1. The van der Waals surface area contributed by atoms with Crippen molar-refractivity contribution >= 4 is 18.8 Å². The van der Waals surface area contributed by atoms with E-state index in [4.69, 9.17) is 5.73 Å². The highest BCUT2D eigenvalue weighted by molar-refractivity contribution is 7.78. The van der Waals surface area contributed by atoms with E-state index in [0.29, 0.717) is 6.54 Å². The molecule has 0 saturated heterocycles. The van der Waals surface area contributed by atoms with Gasteiger partial charge in [-0.15, -0.1) is 6.58 Å². The largest absolute Gasteiger partial charge is 0.350 e. The van der Waals surface area contributed by atoms with Crippen LogP contribution in [0.3, 0.4) is 0 Å². The van der Waals surface area contributed by atoms with Crippen LogP contribution >= 0.6 is 12.8 Å². The summed E-state index contributed by atoms with van der Waals surface area (Å²) in [6.45, 7) is 3.75. The fraction of sp³-hybridized carbons (Fsp3) is 0.250. The van der Waals surface area contributed by atoms with Crippen LogP contribution in [-0.2, 0) is 0 Å². The minimum atomic E-state index is -0.579. The second-order valence-corrected chi connectivity index (χ2v) is 1.54. The van der Waals surface area contributed by atoms with Gasteiger partial charge in [-0.1, -0.05) is 18.9 Å². The van der Waals surface area contributed by atoms with E-state index in [1.165, 1.54) is 6.08 Å². The smallest absolute Gasteiger partial charge is 0.330 e. The Morgan fingerprint density at radius 1 is 2.00 bits per heavy atom. The number of thiol groups is 1. The monoisotopic (exact) mass is 147 g/mol. The van der Waals surface area contributed by atoms with Crippen LogP contribution in [0.4, 0.5) is 4.79 Å². The molecule has 0 radical (unpaired) electrons. The van der Waals surface area contributed by atoms with E-state index >= 15 is 0 Å². The van der Waals surface area contributed by atoms with Crippen LogP contribution in [0.25, 0.3) is 0 Å². The highest BCUT2D eigenvalue weighted by atomic mass is 32.1. The molecular formula is C4H9N3OS. The first-order valence-corrected chi connectivity index (χ1v) is 2.74. The molecule has 0 aliphatic rings. The molecule has 0 saturated carbocycles. The van der Waals surface area contributed by atoms with Gasteiger partial charge in [-0.3, -0.25) is 0 Å². The molecule has 0 unspecified atom stereocenters. The number of nitrogens with two attached hydrogens (primary N) is 1. The van der Waals surface area contributed by atoms with Crippen molar-refractivity contribution in [1.29, 1.82) is 0 Å². The fourth-order valence-electron chi connectivity index (χ4n) is 0.309. The van der Waals surface area contributed by atoms with Crippen LogP contribution < -0.4 is 10.6 Å². The van der Waals surface area contributed by atoms with Gasteiger partial charge < -0.3 is 5.73 Å². The first-order chi connectivity index (χ1) is 4.22. The zero-order chi connectivity index (χ0) is 7.28. The maximum absolute atomic E-state index is 10.3. The first kappa shape index (κ1) is 8.32. The molecule has 0 spiro atoms. The van der Waals surface area contributed by atoms with Crippen molar-refractivity contribution in [2.24, 2.45) is 5.73 Å². The molecule has 5 heteroatoms. The van der Waals surface area contributed by atoms with Crippen molar-refractivity contribution in [3.05, 3.63) is 12.7 Å². The standard InChI is InChI=1S/C4H9N3OS/c1-2-3-7(6-9)4(5)8/h2,6,9H,1,3H2,(H2,5,8). The number of rotatable bonds is 3. The average molecular weight is 147 g/mol. The number of hydrogen-bond acceptors (Lipinski definition) is 3. The third-order valence-electron chi connectivity index (χ3n) is 0.698. The molecule has 0 bridgehead atoms. The van der Waals surface area contributed by atoms with Gasteiger partial charge in [0.2, 0.25) is 0 Å². The second kappa shape index (κ2) is 4.22. The van der Waals surface area contributed by atoms with Gasteiger partial charge in [-0.25, -0.2) is 9.80 Å². The molecule has 52 valence electrons. The first-order valence-electron chi connectivity index (χ1n) is 2.30. The van der Waals surface area contributed by atoms with Gasteiger partial charge >= 0.3 is 6.03 Å². The van der Waals surface area contributed by atoms with Crippen LogP contribution in [-0.4, -0.2) is 17.6 Å². The number of hydrazine groups is 1. The normalized spacial score (nSPS) is 8.56. The summed E-state index contributed by atoms with van der Waals surface area (Å²) in [7, 11) is 0. The van der Waals surface area contributed by atoms with E-state index in [2.05, 4.69) is 24.2 Å². The van der Waals surface area contributed by atoms with E-state index in [9.17, 15) is 4.79 Å². The van der Waals surface area contributed by atoms with Gasteiger partial charge in [0, 0.05) is 0 Å². The molecule has 0 aromatic heterocycles. The summed E-state index contributed by atoms with van der Waals surface area (Å²) in [6.07, 6.45) is 1.54. The summed E-state index contributed by atoms with van der Waals surface area (Å²) >= 11 is 3.62. The molecule has 0 rings (SSSR count). The molecule has 9 heavy (non-hydrogen) atoms. The predicted octanol–water partition coefficient (Wildman–Crippen LogP) is -0.0975. The summed E-state index contributed by atoms with van der Waals surface area (Å²) in [5, 5.41) is 1.11. The SMILES string of the molecule is C=CCN(NS)C(N)=O. The van der Waals surface area contributed by atoms with E-state index in [1.807, 2.05) is 0 Å². The number of carbonyl (C=O) groups excluding carboxylic acids is 1. The third kappa shape index (κ3) is 2.99. The van der Waals surface area contributed by atoms with Gasteiger partial charge in [0.25, 0.3) is 0 Å². The molecule has 4 nitrogen and oxygen atoms in total. The Hall–Kier alpha value is -0.680. The van der Waals surface area contributed by atoms with Crippen LogP contribution in [0.5, 0.6) is 0 Å². The second-order valence-electron chi connectivity index (χ2n) is 1.34. The molecule has 2 amide bonds. The fourth-order valence-corrected chi connectivity index (χ4v) is 0.489. The van der Waals surface area contributed by atoms with Crippen LogP contribution in [0.2, 0.25) is 0 Å². The van der Waals surface area contributed by atoms with E-state index in [1.54, 1.807) is 0 Å². The highest BCUT2D eigenvalue weighted by Crippen LogP contribution is 1.81. The average Bonchev–Trinajstić information content (AvgIpc) is 1.82. The molecule has 0 atom stereocenters. The quantitative estimate of drug-likeness (QED) is 0.296. The number of nitrogens with zero attached hydrogens (tertiary/aromatic N) is 1. The summed E-state index contributed by atoms with van der Waals surface area (Å²) in [5.41, 5.74) is 4.86. The van der Waals surface area contributed by atoms with Crippen molar-refractivity contribution in [2.75, 3.05) is 6.54 Å². The van der Waals surface area contributed by atoms with Crippen LogP contribution in [0, 0.1) is 0 Å². The van der Waals surface area contributed by atoms with Crippen molar-refractivity contribution in [3.63, 3.8) is 0 Å². The molecule has 3 N–H and O–H groups in total. The van der Waals surface area contributed by atoms with E-state index in [0.717, 1.165) is 5.01 Å². The van der Waals surface area contributed by atoms with Crippen molar-refractivity contribution in [3.8, 4) is 0 Å². The molecular weight excluding hydrogens is 138 g/mol. The van der Waals surface area contributed by atoms with Crippen LogP contribution in [0.1, 0.15) is 0 Å². The number of nitrogens with one attached hydrogen (secondary N) is 1. The molecule has 0 aliphatic heterocycles. The molecule has 0 heterocycles. The number of hydrogen-bond donors (Lipinski definition) is 3. The summed E-state index contributed by atoms with van der Waals surface area (Å²) in [4.78, 5) is 12.6. The van der Waals surface area contributed by atoms with Gasteiger partial charge in [-0.2, -0.15) is 4.83 Å². The summed E-state index contributed by atoms with van der Waals surface area (Å²) in [5.74, 6) is 0. The molecule has 0 aromatic carbocycles. The maximum atomic E-state index is 10.3. The predicted molar refractivity (Wildman–Crippen MR) is 38.6 cm³/mol. The van der Waals surface area contributed by atoms with Gasteiger partial charge in [0.1, 0.15) is 0 Å². The molecule has 0 fully saturated rings. The number of carbonyl (C=O) groups is 1. The van der Waals surface area contributed by atoms with Crippen molar-refractivity contribution in [1.82, 2.24) is 9.84 Å². The Labute approximate surface area is 59.2 Å². The highest BCUT2D eigenvalue weighted by Gasteiger charge is 2.02. The third-order valence-corrected chi connectivity index (χ3v) is 0.940. The van der Waals surface area contributed by atoms with E-state index < -0.39 is 6.03 Å². The number of amides is 2. The van der Waals surface area contributed by atoms with Crippen LogP contribution in [0.15, 0.2) is 12.7 Å². The lowest BCUT2D eigenvalue weighted by molar-refractivity contribution is 0.207. The Morgan fingerprint density at radius 3 is 2.67 bits per heavy atom. The summed E-state index contributed by atoms with van der Waals surface area (Å²) < 4.78 is 0. The topological polar surface area (TPSA) is 58.4 Å². The molecule has 0 aliphatic carbocycles. The van der Waals surface area contributed by atoms with Gasteiger partial charge in [-0.05, 0) is 0 Å². The minimum absolute atomic E-state index is 0.346. The number of urea groups is 1. The minimum Gasteiger partial charge on any atom is -0.350 e. The Bertz CT molecular complexity index is 116. The summed E-state index contributed by atoms with van der Waals surface area (Å²) in [6, 6.07) is -0.579. The van der Waals surface area contributed by atoms with Gasteiger partial charge in [0.15, 0.2) is 0 Å². The Morgan fingerprint density at radius 2 is 2.56 bits per heavy atom. The van der Waals surface area contributed by atoms with Gasteiger partial charge in [0.05, 0.1) is 6.54 Å². The lowest BCUT2D eigenvalue weighted by Gasteiger charge is -2.14. The van der Waals surface area contributed by atoms with Crippen molar-refractivity contribution < 1.29 is 4.79 Å². The maximum Gasteiger partial charge on any atom is 0.330 e.